The Bertz CT molecular complexity index is 910. The van der Waals surface area contributed by atoms with Crippen molar-refractivity contribution in [2.45, 2.75) is 44.6 Å². The first kappa shape index (κ1) is 20.6. The number of rotatable bonds is 4. The quantitative estimate of drug-likeness (QED) is 0.465. The largest absolute Gasteiger partial charge is 0.396 e. The standard InChI is InChI=1S/C18H21BrF3N5O2/c19-16-14(20)13(2-5-23-16)24-17(29)26-6-3-12-11(8-26)15-18(21,22)4-1-10(9-28)7-27(15)25-12/h2,5,10,17,28-29H,1,3-4,6-9H2,(H,23,24)/t10-,17?/m1/s1. The SMILES string of the molecule is OC[C@@H]1CCC(F)(F)c2c3c(nn2C1)CCN(C(O)Nc1ccnc(Br)c1F)C3. The summed E-state index contributed by atoms with van der Waals surface area (Å²) in [5.74, 6) is -3.97. The molecule has 29 heavy (non-hydrogen) atoms. The average molecular weight is 476 g/mol. The van der Waals surface area contributed by atoms with Gasteiger partial charge in [0.2, 0.25) is 0 Å². The van der Waals surface area contributed by atoms with E-state index in [1.54, 1.807) is 4.90 Å². The number of aromatic nitrogens is 3. The van der Waals surface area contributed by atoms with E-state index in [2.05, 4.69) is 31.3 Å². The summed E-state index contributed by atoms with van der Waals surface area (Å²) in [6, 6.07) is 1.38. The van der Waals surface area contributed by atoms with Crippen LogP contribution in [0.15, 0.2) is 16.9 Å². The van der Waals surface area contributed by atoms with Crippen LogP contribution < -0.4 is 5.32 Å². The lowest BCUT2D eigenvalue weighted by atomic mass is 9.98. The molecule has 7 nitrogen and oxygen atoms in total. The molecule has 0 spiro atoms. The van der Waals surface area contributed by atoms with Crippen molar-refractivity contribution in [2.75, 3.05) is 18.5 Å². The molecule has 4 rings (SSSR count). The van der Waals surface area contributed by atoms with Crippen LogP contribution in [0.1, 0.15) is 29.8 Å². The highest BCUT2D eigenvalue weighted by atomic mass is 79.9. The molecule has 0 saturated heterocycles. The van der Waals surface area contributed by atoms with Gasteiger partial charge in [-0.3, -0.25) is 9.58 Å². The van der Waals surface area contributed by atoms with Gasteiger partial charge in [-0.1, -0.05) is 0 Å². The third kappa shape index (κ3) is 3.88. The van der Waals surface area contributed by atoms with E-state index in [0.29, 0.717) is 24.2 Å². The first-order valence-corrected chi connectivity index (χ1v) is 10.2. The van der Waals surface area contributed by atoms with Crippen LogP contribution in [-0.2, 0) is 25.4 Å². The van der Waals surface area contributed by atoms with Crippen LogP contribution in [0.5, 0.6) is 0 Å². The number of aliphatic hydroxyl groups is 2. The molecule has 0 radical (unpaired) electrons. The highest BCUT2D eigenvalue weighted by Gasteiger charge is 2.43. The lowest BCUT2D eigenvalue weighted by Crippen LogP contribution is -2.44. The Morgan fingerprint density at radius 1 is 1.41 bits per heavy atom. The zero-order valence-electron chi connectivity index (χ0n) is 15.5. The van der Waals surface area contributed by atoms with Gasteiger partial charge in [-0.15, -0.1) is 0 Å². The molecular formula is C18H21BrF3N5O2. The molecule has 0 saturated carbocycles. The van der Waals surface area contributed by atoms with Crippen LogP contribution in [0.3, 0.4) is 0 Å². The molecule has 1 unspecified atom stereocenters. The summed E-state index contributed by atoms with van der Waals surface area (Å²) in [5, 5.41) is 27.0. The van der Waals surface area contributed by atoms with E-state index in [1.807, 2.05) is 0 Å². The third-order valence-electron chi connectivity index (χ3n) is 5.51. The van der Waals surface area contributed by atoms with Gasteiger partial charge in [-0.2, -0.15) is 13.9 Å². The number of hydrogen-bond donors (Lipinski definition) is 3. The fraction of sp³-hybridized carbons (Fsp3) is 0.556. The van der Waals surface area contributed by atoms with Gasteiger partial charge in [0.25, 0.3) is 5.92 Å². The number of nitrogens with zero attached hydrogens (tertiary/aromatic N) is 4. The molecule has 158 valence electrons. The van der Waals surface area contributed by atoms with Gasteiger partial charge in [-0.25, -0.2) is 9.37 Å². The lowest BCUT2D eigenvalue weighted by Gasteiger charge is -2.32. The van der Waals surface area contributed by atoms with Crippen molar-refractivity contribution in [1.29, 1.82) is 0 Å². The first-order chi connectivity index (χ1) is 13.8. The molecule has 0 fully saturated rings. The maximum absolute atomic E-state index is 14.9. The van der Waals surface area contributed by atoms with Crippen molar-refractivity contribution < 1.29 is 23.4 Å². The van der Waals surface area contributed by atoms with E-state index in [1.165, 1.54) is 16.9 Å². The lowest BCUT2D eigenvalue weighted by molar-refractivity contribution is -0.0253. The van der Waals surface area contributed by atoms with Crippen LogP contribution in [0.25, 0.3) is 0 Å². The van der Waals surface area contributed by atoms with Crippen molar-refractivity contribution in [2.24, 2.45) is 5.92 Å². The summed E-state index contributed by atoms with van der Waals surface area (Å²) in [4.78, 5) is 5.32. The topological polar surface area (TPSA) is 86.4 Å². The Balaban J connectivity index is 1.58. The fourth-order valence-corrected chi connectivity index (χ4v) is 4.28. The van der Waals surface area contributed by atoms with Gasteiger partial charge in [0.05, 0.1) is 11.4 Å². The van der Waals surface area contributed by atoms with Gasteiger partial charge in [0.1, 0.15) is 10.3 Å². The molecule has 0 bridgehead atoms. The van der Waals surface area contributed by atoms with Crippen molar-refractivity contribution in [3.63, 3.8) is 0 Å². The Labute approximate surface area is 173 Å². The van der Waals surface area contributed by atoms with Gasteiger partial charge in [-0.05, 0) is 28.4 Å². The molecule has 2 aliphatic rings. The molecule has 0 amide bonds. The minimum atomic E-state index is -3.06. The molecule has 11 heteroatoms. The minimum Gasteiger partial charge on any atom is -0.396 e. The van der Waals surface area contributed by atoms with Crippen LogP contribution in [0, 0.1) is 11.7 Å². The first-order valence-electron chi connectivity index (χ1n) is 9.36. The number of hydrogen-bond acceptors (Lipinski definition) is 6. The average Bonchev–Trinajstić information content (AvgIpc) is 3.00. The summed E-state index contributed by atoms with van der Waals surface area (Å²) in [5.41, 5.74) is 0.893. The minimum absolute atomic E-state index is 0.00987. The number of anilines is 1. The second-order valence-corrected chi connectivity index (χ2v) is 8.20. The van der Waals surface area contributed by atoms with E-state index in [4.69, 9.17) is 0 Å². The maximum Gasteiger partial charge on any atom is 0.289 e. The Hall–Kier alpha value is -1.69. The van der Waals surface area contributed by atoms with Gasteiger partial charge in [0, 0.05) is 56.8 Å². The van der Waals surface area contributed by atoms with Crippen molar-refractivity contribution in [1.82, 2.24) is 19.7 Å². The van der Waals surface area contributed by atoms with Gasteiger partial charge in [0.15, 0.2) is 12.2 Å². The second-order valence-electron chi connectivity index (χ2n) is 7.45. The Morgan fingerprint density at radius 2 is 2.21 bits per heavy atom. The van der Waals surface area contributed by atoms with Crippen molar-refractivity contribution in [3.05, 3.63) is 39.6 Å². The summed E-state index contributed by atoms with van der Waals surface area (Å²) >= 11 is 2.99. The number of alkyl halides is 2. The molecule has 3 N–H and O–H groups in total. The number of halogens is 4. The summed E-state index contributed by atoms with van der Waals surface area (Å²) in [6.07, 6.45) is 0.356. The smallest absolute Gasteiger partial charge is 0.289 e. The highest BCUT2D eigenvalue weighted by molar-refractivity contribution is 9.10. The Morgan fingerprint density at radius 3 is 2.97 bits per heavy atom. The number of aliphatic hydroxyl groups excluding tert-OH is 2. The predicted octanol–water partition coefficient (Wildman–Crippen LogP) is 2.42. The molecule has 2 aromatic heterocycles. The second kappa shape index (κ2) is 7.86. The van der Waals surface area contributed by atoms with Crippen molar-refractivity contribution >= 4 is 21.6 Å². The molecular weight excluding hydrogens is 455 g/mol. The number of pyridine rings is 1. The van der Waals surface area contributed by atoms with Crippen molar-refractivity contribution in [3.8, 4) is 0 Å². The molecule has 4 heterocycles. The molecule has 2 atom stereocenters. The third-order valence-corrected chi connectivity index (χ3v) is 6.06. The molecule has 0 aliphatic carbocycles. The summed E-state index contributed by atoms with van der Waals surface area (Å²) in [6.45, 7) is 0.514. The zero-order chi connectivity index (χ0) is 20.8. The molecule has 2 aromatic rings. The van der Waals surface area contributed by atoms with Crippen LogP contribution in [0.2, 0.25) is 0 Å². The van der Waals surface area contributed by atoms with Crippen LogP contribution in [-0.4, -0.2) is 49.4 Å². The van der Waals surface area contributed by atoms with E-state index in [-0.39, 0.29) is 54.4 Å². The van der Waals surface area contributed by atoms with E-state index in [9.17, 15) is 23.4 Å². The van der Waals surface area contributed by atoms with Crippen LogP contribution in [0.4, 0.5) is 18.9 Å². The number of fused-ring (bicyclic) bond motifs is 3. The summed E-state index contributed by atoms with van der Waals surface area (Å²) in [7, 11) is 0. The van der Waals surface area contributed by atoms with Crippen LogP contribution >= 0.6 is 15.9 Å². The monoisotopic (exact) mass is 475 g/mol. The zero-order valence-corrected chi connectivity index (χ0v) is 17.0. The predicted molar refractivity (Wildman–Crippen MR) is 102 cm³/mol. The van der Waals surface area contributed by atoms with Gasteiger partial charge < -0.3 is 15.5 Å². The number of nitrogens with one attached hydrogen (secondary N) is 1. The fourth-order valence-electron chi connectivity index (χ4n) is 3.95. The molecule has 0 aromatic carbocycles. The normalized spacial score (nSPS) is 22.5. The maximum atomic E-state index is 14.9. The van der Waals surface area contributed by atoms with E-state index in [0.717, 1.165) is 0 Å². The Kier molecular flexibility index (Phi) is 5.58. The van der Waals surface area contributed by atoms with E-state index < -0.39 is 18.1 Å². The summed E-state index contributed by atoms with van der Waals surface area (Å²) < 4.78 is 45.2. The van der Waals surface area contributed by atoms with Gasteiger partial charge >= 0.3 is 0 Å². The van der Waals surface area contributed by atoms with E-state index >= 15 is 0 Å². The molecule has 2 aliphatic heterocycles. The highest BCUT2D eigenvalue weighted by Crippen LogP contribution is 2.41.